The number of nitriles is 2. The maximum atomic E-state index is 9.48. The quantitative estimate of drug-likeness (QED) is 0.817. The Kier molecular flexibility index (Phi) is 3.31. The van der Waals surface area contributed by atoms with E-state index in [1.807, 2.05) is 24.3 Å². The van der Waals surface area contributed by atoms with Crippen LogP contribution in [0.2, 0.25) is 0 Å². The van der Waals surface area contributed by atoms with Gasteiger partial charge in [-0.05, 0) is 24.1 Å². The summed E-state index contributed by atoms with van der Waals surface area (Å²) in [6, 6.07) is 12.1. The fourth-order valence-corrected chi connectivity index (χ4v) is 3.26. The molecular weight excluding hydrogens is 252 g/mol. The first kappa shape index (κ1) is 12.9. The molecule has 0 bridgehead atoms. The Labute approximate surface area is 118 Å². The third-order valence-electron chi connectivity index (χ3n) is 4.17. The van der Waals surface area contributed by atoms with Crippen LogP contribution in [0.15, 0.2) is 24.3 Å². The van der Waals surface area contributed by atoms with Crippen molar-refractivity contribution in [3.63, 3.8) is 0 Å². The van der Waals surface area contributed by atoms with Crippen molar-refractivity contribution in [2.45, 2.75) is 18.5 Å². The molecule has 0 radical (unpaired) electrons. The topological polar surface area (TPSA) is 63.3 Å². The third kappa shape index (κ3) is 1.84. The number of hydrogen-bond acceptors (Lipinski definition) is 5. The lowest BCUT2D eigenvalue weighted by atomic mass is 9.90. The highest BCUT2D eigenvalue weighted by Crippen LogP contribution is 2.43. The van der Waals surface area contributed by atoms with E-state index >= 15 is 0 Å². The van der Waals surface area contributed by atoms with Gasteiger partial charge in [-0.3, -0.25) is 0 Å². The highest BCUT2D eigenvalue weighted by atomic mass is 16.5. The van der Waals surface area contributed by atoms with Crippen LogP contribution in [0.3, 0.4) is 0 Å². The second kappa shape index (κ2) is 5.13. The van der Waals surface area contributed by atoms with E-state index in [-0.39, 0.29) is 18.0 Å². The van der Waals surface area contributed by atoms with Gasteiger partial charge in [0, 0.05) is 13.1 Å². The average molecular weight is 268 g/mol. The van der Waals surface area contributed by atoms with Crippen LogP contribution in [0, 0.1) is 28.6 Å². The summed E-state index contributed by atoms with van der Waals surface area (Å²) in [5.74, 6) is 0.490. The first-order chi connectivity index (χ1) is 9.80. The SMILES string of the molecule is COc1ccc([C@@H]2[C@H](C#N)[C@H](C#N)N3CCCN23)cc1. The van der Waals surface area contributed by atoms with Gasteiger partial charge in [-0.15, -0.1) is 0 Å². The average Bonchev–Trinajstić information content (AvgIpc) is 3.06. The second-order valence-corrected chi connectivity index (χ2v) is 5.13. The molecule has 0 spiro atoms. The predicted molar refractivity (Wildman–Crippen MR) is 72.3 cm³/mol. The number of nitrogens with zero attached hydrogens (tertiary/aromatic N) is 4. The van der Waals surface area contributed by atoms with E-state index in [9.17, 15) is 10.5 Å². The summed E-state index contributed by atoms with van der Waals surface area (Å²) in [4.78, 5) is 0. The van der Waals surface area contributed by atoms with Crippen molar-refractivity contribution in [3.8, 4) is 17.9 Å². The molecule has 2 aliphatic rings. The Hall–Kier alpha value is -2.08. The van der Waals surface area contributed by atoms with Crippen LogP contribution in [0.25, 0.3) is 0 Å². The molecule has 1 aromatic carbocycles. The Balaban J connectivity index is 1.97. The molecular formula is C15H16N4O. The zero-order valence-electron chi connectivity index (χ0n) is 11.4. The van der Waals surface area contributed by atoms with Gasteiger partial charge >= 0.3 is 0 Å². The minimum Gasteiger partial charge on any atom is -0.497 e. The second-order valence-electron chi connectivity index (χ2n) is 5.13. The Morgan fingerprint density at radius 3 is 2.40 bits per heavy atom. The molecule has 3 rings (SSSR count). The summed E-state index contributed by atoms with van der Waals surface area (Å²) in [6.45, 7) is 1.77. The highest BCUT2D eigenvalue weighted by molar-refractivity contribution is 5.32. The Morgan fingerprint density at radius 1 is 1.10 bits per heavy atom. The van der Waals surface area contributed by atoms with Crippen LogP contribution < -0.4 is 4.74 Å². The molecule has 0 amide bonds. The largest absolute Gasteiger partial charge is 0.497 e. The summed E-state index contributed by atoms with van der Waals surface area (Å²) in [5.41, 5.74) is 1.07. The van der Waals surface area contributed by atoms with Crippen molar-refractivity contribution in [3.05, 3.63) is 29.8 Å². The number of ether oxygens (including phenoxy) is 1. The maximum Gasteiger partial charge on any atom is 0.129 e. The van der Waals surface area contributed by atoms with E-state index in [1.54, 1.807) is 7.11 Å². The van der Waals surface area contributed by atoms with Gasteiger partial charge in [-0.1, -0.05) is 12.1 Å². The van der Waals surface area contributed by atoms with Crippen molar-refractivity contribution in [1.82, 2.24) is 10.0 Å². The summed E-state index contributed by atoms with van der Waals surface area (Å²) in [7, 11) is 1.64. The molecule has 2 aliphatic heterocycles. The number of fused-ring (bicyclic) bond motifs is 1. The number of methoxy groups -OCH3 is 1. The molecule has 5 nitrogen and oxygen atoms in total. The summed E-state index contributed by atoms with van der Waals surface area (Å²) < 4.78 is 5.17. The van der Waals surface area contributed by atoms with Crippen LogP contribution in [0.1, 0.15) is 18.0 Å². The minimum absolute atomic E-state index is 0.0296. The summed E-state index contributed by atoms with van der Waals surface area (Å²) >= 11 is 0. The summed E-state index contributed by atoms with van der Waals surface area (Å²) in [6.07, 6.45) is 1.04. The van der Waals surface area contributed by atoms with Gasteiger partial charge in [0.25, 0.3) is 0 Å². The molecule has 2 saturated heterocycles. The number of benzene rings is 1. The smallest absolute Gasteiger partial charge is 0.129 e. The lowest BCUT2D eigenvalue weighted by molar-refractivity contribution is 0.0383. The van der Waals surface area contributed by atoms with E-state index in [0.717, 1.165) is 30.8 Å². The monoisotopic (exact) mass is 268 g/mol. The lowest BCUT2D eigenvalue weighted by Crippen LogP contribution is -2.35. The van der Waals surface area contributed by atoms with Crippen molar-refractivity contribution >= 4 is 0 Å². The van der Waals surface area contributed by atoms with Crippen LogP contribution in [0.5, 0.6) is 5.75 Å². The van der Waals surface area contributed by atoms with Gasteiger partial charge in [0.1, 0.15) is 11.8 Å². The normalized spacial score (nSPS) is 29.6. The predicted octanol–water partition coefficient (Wildman–Crippen LogP) is 1.70. The molecule has 2 fully saturated rings. The molecule has 0 unspecified atom stereocenters. The van der Waals surface area contributed by atoms with Crippen LogP contribution >= 0.6 is 0 Å². The zero-order chi connectivity index (χ0) is 14.1. The number of rotatable bonds is 2. The first-order valence-corrected chi connectivity index (χ1v) is 6.76. The fourth-order valence-electron chi connectivity index (χ4n) is 3.26. The molecule has 0 N–H and O–H groups in total. The minimum atomic E-state index is -0.338. The molecule has 0 aliphatic carbocycles. The third-order valence-corrected chi connectivity index (χ3v) is 4.17. The molecule has 5 heteroatoms. The summed E-state index contributed by atoms with van der Waals surface area (Å²) in [5, 5.41) is 23.1. The molecule has 0 saturated carbocycles. The van der Waals surface area contributed by atoms with E-state index in [1.165, 1.54) is 0 Å². The van der Waals surface area contributed by atoms with E-state index in [4.69, 9.17) is 4.74 Å². The first-order valence-electron chi connectivity index (χ1n) is 6.76. The maximum absolute atomic E-state index is 9.48. The van der Waals surface area contributed by atoms with Gasteiger partial charge in [0.15, 0.2) is 0 Å². The highest BCUT2D eigenvalue weighted by Gasteiger charge is 2.50. The van der Waals surface area contributed by atoms with E-state index < -0.39 is 0 Å². The van der Waals surface area contributed by atoms with Crippen LogP contribution in [-0.2, 0) is 0 Å². The van der Waals surface area contributed by atoms with Crippen LogP contribution in [-0.4, -0.2) is 36.3 Å². The van der Waals surface area contributed by atoms with Gasteiger partial charge in [0.05, 0.1) is 31.2 Å². The zero-order valence-corrected chi connectivity index (χ0v) is 11.4. The fraction of sp³-hybridized carbons (Fsp3) is 0.467. The number of hydrazine groups is 1. The van der Waals surface area contributed by atoms with Gasteiger partial charge in [-0.25, -0.2) is 10.0 Å². The molecule has 0 aromatic heterocycles. The van der Waals surface area contributed by atoms with Crippen molar-refractivity contribution < 1.29 is 4.74 Å². The Morgan fingerprint density at radius 2 is 1.80 bits per heavy atom. The molecule has 3 atom stereocenters. The number of hydrogen-bond donors (Lipinski definition) is 0. The standard InChI is InChI=1S/C15H16N4O/c1-20-12-5-3-11(4-6-12)15-13(9-16)14(10-17)18-7-2-8-19(15)18/h3-6,13-15H,2,7-8H2,1H3/t13-,14+,15-/m1/s1. The molecule has 20 heavy (non-hydrogen) atoms. The van der Waals surface area contributed by atoms with E-state index in [2.05, 4.69) is 22.2 Å². The lowest BCUT2D eigenvalue weighted by Gasteiger charge is -2.25. The molecule has 1 aromatic rings. The van der Waals surface area contributed by atoms with E-state index in [0.29, 0.717) is 0 Å². The van der Waals surface area contributed by atoms with Gasteiger partial charge in [-0.2, -0.15) is 10.5 Å². The van der Waals surface area contributed by atoms with Gasteiger partial charge < -0.3 is 4.74 Å². The Bertz CT molecular complexity index is 571. The van der Waals surface area contributed by atoms with Crippen molar-refractivity contribution in [2.24, 2.45) is 5.92 Å². The van der Waals surface area contributed by atoms with Crippen molar-refractivity contribution in [1.29, 1.82) is 10.5 Å². The molecule has 2 heterocycles. The molecule has 102 valence electrons. The van der Waals surface area contributed by atoms with Crippen LogP contribution in [0.4, 0.5) is 0 Å². The van der Waals surface area contributed by atoms with Gasteiger partial charge in [0.2, 0.25) is 0 Å². The van der Waals surface area contributed by atoms with Crippen molar-refractivity contribution in [2.75, 3.05) is 20.2 Å².